The molecule has 3 atom stereocenters. The Labute approximate surface area is 216 Å². The predicted octanol–water partition coefficient (Wildman–Crippen LogP) is 5.62. The van der Waals surface area contributed by atoms with Crippen molar-refractivity contribution in [3.05, 3.63) is 74.8 Å². The van der Waals surface area contributed by atoms with Crippen LogP contribution in [0.4, 0.5) is 0 Å². The second kappa shape index (κ2) is 10.6. The molecule has 7 heteroatoms. The predicted molar refractivity (Wildman–Crippen MR) is 139 cm³/mol. The third-order valence-electron chi connectivity index (χ3n) is 7.01. The number of benzene rings is 1. The third kappa shape index (κ3) is 5.00. The van der Waals surface area contributed by atoms with Gasteiger partial charge in [0.1, 0.15) is 12.4 Å². The zero-order chi connectivity index (χ0) is 25.2. The van der Waals surface area contributed by atoms with Crippen LogP contribution in [-0.2, 0) is 19.1 Å². The molecule has 1 aliphatic carbocycles. The molecule has 0 unspecified atom stereocenters. The average Bonchev–Trinajstić information content (AvgIpc) is 3.56. The van der Waals surface area contributed by atoms with Gasteiger partial charge in [-0.2, -0.15) is 0 Å². The molecule has 2 aromatic rings. The van der Waals surface area contributed by atoms with Crippen molar-refractivity contribution in [1.29, 1.82) is 0 Å². The van der Waals surface area contributed by atoms with Gasteiger partial charge in [-0.25, -0.2) is 4.79 Å². The van der Waals surface area contributed by atoms with Gasteiger partial charge in [-0.05, 0) is 57.5 Å². The van der Waals surface area contributed by atoms with Crippen LogP contribution in [0, 0.1) is 0 Å². The van der Waals surface area contributed by atoms with Crippen molar-refractivity contribution in [2.24, 2.45) is 0 Å². The van der Waals surface area contributed by atoms with Crippen molar-refractivity contribution in [2.75, 3.05) is 13.2 Å². The Morgan fingerprint density at radius 3 is 2.75 bits per heavy atom. The van der Waals surface area contributed by atoms with E-state index < -0.39 is 11.9 Å². The summed E-state index contributed by atoms with van der Waals surface area (Å²) >= 11 is 1.68. The topological polar surface area (TPSA) is 73.9 Å². The van der Waals surface area contributed by atoms with Crippen molar-refractivity contribution in [2.45, 2.75) is 70.5 Å². The van der Waals surface area contributed by atoms with Crippen LogP contribution in [0.15, 0.2) is 64.3 Å². The van der Waals surface area contributed by atoms with Crippen LogP contribution < -0.4 is 10.1 Å². The second-order valence-electron chi connectivity index (χ2n) is 9.97. The Kier molecular flexibility index (Phi) is 7.30. The van der Waals surface area contributed by atoms with Gasteiger partial charge in [0.15, 0.2) is 5.78 Å². The van der Waals surface area contributed by atoms with Gasteiger partial charge >= 0.3 is 5.97 Å². The van der Waals surface area contributed by atoms with E-state index in [9.17, 15) is 9.59 Å². The molecule has 2 aliphatic heterocycles. The first-order valence-corrected chi connectivity index (χ1v) is 13.6. The zero-order valence-electron chi connectivity index (χ0n) is 21.0. The zero-order valence-corrected chi connectivity index (χ0v) is 21.9. The Hall–Kier alpha value is -2.90. The number of dihydropyridines is 1. The summed E-state index contributed by atoms with van der Waals surface area (Å²) in [5, 5.41) is 5.48. The van der Waals surface area contributed by atoms with E-state index in [1.54, 1.807) is 11.3 Å². The summed E-state index contributed by atoms with van der Waals surface area (Å²) in [6, 6.07) is 11.8. The lowest BCUT2D eigenvalue weighted by Gasteiger charge is -2.37. The number of Topliss-reactive ketones (excluding diaryl/α,β-unsaturated/α-hetero) is 1. The van der Waals surface area contributed by atoms with Crippen LogP contribution in [-0.4, -0.2) is 37.2 Å². The van der Waals surface area contributed by atoms with Crippen LogP contribution in [0.1, 0.15) is 68.7 Å². The summed E-state index contributed by atoms with van der Waals surface area (Å²) in [6.45, 7) is 6.75. The molecule has 0 radical (unpaired) electrons. The van der Waals surface area contributed by atoms with Crippen molar-refractivity contribution in [3.63, 3.8) is 0 Å². The number of carbonyl (C=O) groups is 2. The summed E-state index contributed by atoms with van der Waals surface area (Å²) in [5.41, 5.74) is 3.54. The fraction of sp³-hybridized carbons (Fsp3) is 0.448. The number of para-hydroxylation sites is 1. The maximum absolute atomic E-state index is 13.8. The summed E-state index contributed by atoms with van der Waals surface area (Å²) in [4.78, 5) is 28.5. The van der Waals surface area contributed by atoms with Gasteiger partial charge in [-0.1, -0.05) is 24.3 Å². The summed E-state index contributed by atoms with van der Waals surface area (Å²) in [6.07, 6.45) is 2.88. The average molecular weight is 508 g/mol. The molecule has 6 nitrogen and oxygen atoms in total. The SMILES string of the molecule is CC1=C(C(=O)OC[C@H]2CCCO2)[C@H](c2ccccc2OC(C)C)C2=C(C[C@H](c3cccs3)CC2=O)N1. The lowest BCUT2D eigenvalue weighted by atomic mass is 9.72. The molecular weight excluding hydrogens is 474 g/mol. The lowest BCUT2D eigenvalue weighted by Crippen LogP contribution is -2.36. The van der Waals surface area contributed by atoms with Gasteiger partial charge in [0.2, 0.25) is 0 Å². The van der Waals surface area contributed by atoms with Crippen LogP contribution >= 0.6 is 11.3 Å². The molecule has 1 saturated heterocycles. The molecule has 36 heavy (non-hydrogen) atoms. The van der Waals surface area contributed by atoms with Crippen LogP contribution in [0.5, 0.6) is 5.75 Å². The standard InChI is InChI=1S/C29H33NO5S/c1-17(2)35-24-10-5-4-9-21(24)27-26(29(32)34-16-20-8-6-12-33-20)18(3)30-22-14-19(15-23(31)28(22)27)25-11-7-13-36-25/h4-5,7,9-11,13,17,19-20,27,30H,6,8,12,14-16H2,1-3H3/t19-,20+,27-/m0/s1. The highest BCUT2D eigenvalue weighted by atomic mass is 32.1. The van der Waals surface area contributed by atoms with E-state index in [1.807, 2.05) is 56.5 Å². The van der Waals surface area contributed by atoms with E-state index in [4.69, 9.17) is 14.2 Å². The van der Waals surface area contributed by atoms with Gasteiger partial charge in [-0.15, -0.1) is 11.3 Å². The van der Waals surface area contributed by atoms with Crippen molar-refractivity contribution in [3.8, 4) is 5.75 Å². The van der Waals surface area contributed by atoms with E-state index in [-0.39, 0.29) is 30.5 Å². The Balaban J connectivity index is 1.55. The molecule has 1 N–H and O–H groups in total. The number of ether oxygens (including phenoxy) is 3. The number of hydrogen-bond acceptors (Lipinski definition) is 7. The van der Waals surface area contributed by atoms with E-state index >= 15 is 0 Å². The maximum atomic E-state index is 13.8. The lowest BCUT2D eigenvalue weighted by molar-refractivity contribution is -0.142. The normalized spacial score (nSPS) is 24.1. The summed E-state index contributed by atoms with van der Waals surface area (Å²) in [7, 11) is 0. The van der Waals surface area contributed by atoms with Gasteiger partial charge in [0.25, 0.3) is 0 Å². The van der Waals surface area contributed by atoms with Gasteiger partial charge in [0.05, 0.1) is 23.7 Å². The molecule has 0 amide bonds. The highest BCUT2D eigenvalue weighted by Crippen LogP contribution is 2.48. The molecule has 190 valence electrons. The number of carbonyl (C=O) groups excluding carboxylic acids is 2. The highest BCUT2D eigenvalue weighted by molar-refractivity contribution is 7.10. The van der Waals surface area contributed by atoms with Crippen molar-refractivity contribution in [1.82, 2.24) is 5.32 Å². The molecule has 0 spiro atoms. The van der Waals surface area contributed by atoms with Gasteiger partial charge in [0, 0.05) is 46.4 Å². The number of thiophene rings is 1. The van der Waals surface area contributed by atoms with E-state index in [1.165, 1.54) is 4.88 Å². The minimum Gasteiger partial charge on any atom is -0.491 e. The van der Waals surface area contributed by atoms with E-state index in [0.717, 1.165) is 36.2 Å². The number of allylic oxidation sites excluding steroid dienone is 3. The fourth-order valence-electron chi connectivity index (χ4n) is 5.45. The summed E-state index contributed by atoms with van der Waals surface area (Å²) in [5.74, 6) is -0.1000. The molecular formula is C29H33NO5S. The largest absolute Gasteiger partial charge is 0.491 e. The first kappa shape index (κ1) is 24.8. The fourth-order valence-corrected chi connectivity index (χ4v) is 6.28. The highest BCUT2D eigenvalue weighted by Gasteiger charge is 2.42. The third-order valence-corrected chi connectivity index (χ3v) is 8.04. The molecule has 3 aliphatic rings. The van der Waals surface area contributed by atoms with Crippen LogP contribution in [0.2, 0.25) is 0 Å². The van der Waals surface area contributed by atoms with Crippen molar-refractivity contribution < 1.29 is 23.8 Å². The smallest absolute Gasteiger partial charge is 0.336 e. The minimum atomic E-state index is -0.551. The first-order chi connectivity index (χ1) is 17.4. The quantitative estimate of drug-likeness (QED) is 0.491. The second-order valence-corrected chi connectivity index (χ2v) is 10.9. The number of esters is 1. The number of rotatable bonds is 7. The monoisotopic (exact) mass is 507 g/mol. The maximum Gasteiger partial charge on any atom is 0.336 e. The molecule has 1 aromatic carbocycles. The number of ketones is 1. The first-order valence-electron chi connectivity index (χ1n) is 12.7. The van der Waals surface area contributed by atoms with E-state index in [0.29, 0.717) is 29.9 Å². The summed E-state index contributed by atoms with van der Waals surface area (Å²) < 4.78 is 17.6. The van der Waals surface area contributed by atoms with Crippen molar-refractivity contribution >= 4 is 23.1 Å². The Morgan fingerprint density at radius 1 is 1.19 bits per heavy atom. The molecule has 1 aromatic heterocycles. The molecule has 0 saturated carbocycles. The minimum absolute atomic E-state index is 0.0495. The molecule has 0 bridgehead atoms. The Bertz CT molecular complexity index is 1190. The van der Waals surface area contributed by atoms with Crippen LogP contribution in [0.3, 0.4) is 0 Å². The number of nitrogens with one attached hydrogen (secondary N) is 1. The van der Waals surface area contributed by atoms with E-state index in [2.05, 4.69) is 11.4 Å². The van der Waals surface area contributed by atoms with Gasteiger partial charge < -0.3 is 19.5 Å². The molecule has 3 heterocycles. The molecule has 5 rings (SSSR count). The molecule has 1 fully saturated rings. The van der Waals surface area contributed by atoms with Gasteiger partial charge in [-0.3, -0.25) is 4.79 Å². The number of hydrogen-bond donors (Lipinski definition) is 1. The Morgan fingerprint density at radius 2 is 2.03 bits per heavy atom. The van der Waals surface area contributed by atoms with Crippen LogP contribution in [0.25, 0.3) is 0 Å².